The summed E-state index contributed by atoms with van der Waals surface area (Å²) in [5.74, 6) is -3.91. The van der Waals surface area contributed by atoms with Gasteiger partial charge in [-0.1, -0.05) is 0 Å². The number of nitrogens with zero attached hydrogens (tertiary/aromatic N) is 4. The van der Waals surface area contributed by atoms with Crippen LogP contribution in [0.25, 0.3) is 0 Å². The first-order valence-corrected chi connectivity index (χ1v) is 11.7. The molecule has 1 fully saturated rings. The second-order valence-corrected chi connectivity index (χ2v) is 8.91. The van der Waals surface area contributed by atoms with Crippen molar-refractivity contribution in [3.05, 3.63) is 0 Å². The standard InChI is InChI=1S/C22H40N4O8/c1-15(19(27)28)23-7-5-8-25(17(3)21(31)32)13-14-26(18(4)22(33)34)10-6-9-24(12-11-23)16(2)20(29)30/h15-18H,5-14H2,1-4H3,(H,27,28)(H,29,30)(H,31,32)(H,33,34). The number of hydrogen-bond donors (Lipinski definition) is 4. The third kappa shape index (κ3) is 9.16. The Morgan fingerprint density at radius 3 is 0.765 bits per heavy atom. The molecular weight excluding hydrogens is 448 g/mol. The summed E-state index contributed by atoms with van der Waals surface area (Å²) in [5, 5.41) is 38.1. The molecule has 4 N–H and O–H groups in total. The van der Waals surface area contributed by atoms with E-state index >= 15 is 0 Å². The van der Waals surface area contributed by atoms with Gasteiger partial charge in [-0.2, -0.15) is 0 Å². The largest absolute Gasteiger partial charge is 0.480 e. The Morgan fingerprint density at radius 1 is 0.441 bits per heavy atom. The van der Waals surface area contributed by atoms with E-state index in [2.05, 4.69) is 0 Å². The topological polar surface area (TPSA) is 162 Å². The fourth-order valence-electron chi connectivity index (χ4n) is 4.09. The molecule has 0 spiro atoms. The first kappa shape index (κ1) is 29.8. The van der Waals surface area contributed by atoms with Gasteiger partial charge in [-0.25, -0.2) is 0 Å². The molecule has 0 bridgehead atoms. The Morgan fingerprint density at radius 2 is 0.618 bits per heavy atom. The minimum absolute atomic E-state index is 0.342. The predicted octanol–water partition coefficient (Wildman–Crippen LogP) is -0.119. The molecule has 34 heavy (non-hydrogen) atoms. The number of carboxylic acid groups (broad SMARTS) is 4. The first-order chi connectivity index (χ1) is 15.9. The molecule has 0 aromatic heterocycles. The fraction of sp³-hybridized carbons (Fsp3) is 0.818. The van der Waals surface area contributed by atoms with E-state index in [0.717, 1.165) is 0 Å². The monoisotopic (exact) mass is 488 g/mol. The van der Waals surface area contributed by atoms with Crippen LogP contribution in [0.4, 0.5) is 0 Å². The van der Waals surface area contributed by atoms with Crippen LogP contribution in [0.5, 0.6) is 0 Å². The molecule has 12 heteroatoms. The number of carbonyl (C=O) groups is 4. The summed E-state index contributed by atoms with van der Waals surface area (Å²) in [6.45, 7) is 9.31. The summed E-state index contributed by atoms with van der Waals surface area (Å²) in [7, 11) is 0. The van der Waals surface area contributed by atoms with Crippen molar-refractivity contribution in [2.75, 3.05) is 52.4 Å². The van der Waals surface area contributed by atoms with Crippen molar-refractivity contribution >= 4 is 23.9 Å². The number of hydrogen-bond acceptors (Lipinski definition) is 8. The van der Waals surface area contributed by atoms with E-state index < -0.39 is 48.0 Å². The van der Waals surface area contributed by atoms with Gasteiger partial charge >= 0.3 is 23.9 Å². The third-order valence-corrected chi connectivity index (χ3v) is 6.75. The average molecular weight is 489 g/mol. The van der Waals surface area contributed by atoms with Gasteiger partial charge in [-0.15, -0.1) is 0 Å². The lowest BCUT2D eigenvalue weighted by atomic mass is 10.2. The highest BCUT2D eigenvalue weighted by Crippen LogP contribution is 2.11. The SMILES string of the molecule is CC(C(=O)O)N1CCCN(C(C)C(=O)O)CCN(C(C)C(=O)O)CCCN(C(C)C(=O)O)CC1. The van der Waals surface area contributed by atoms with E-state index in [1.807, 2.05) is 0 Å². The maximum Gasteiger partial charge on any atom is 0.320 e. The molecule has 1 aliphatic heterocycles. The van der Waals surface area contributed by atoms with Gasteiger partial charge in [0.05, 0.1) is 0 Å². The molecule has 1 heterocycles. The highest BCUT2D eigenvalue weighted by Gasteiger charge is 2.28. The zero-order valence-corrected chi connectivity index (χ0v) is 20.6. The van der Waals surface area contributed by atoms with E-state index in [9.17, 15) is 39.6 Å². The van der Waals surface area contributed by atoms with Crippen molar-refractivity contribution in [3.63, 3.8) is 0 Å². The Bertz CT molecular complexity index is 592. The van der Waals surface area contributed by atoms with Crippen LogP contribution in [0.2, 0.25) is 0 Å². The number of carboxylic acids is 4. The molecule has 4 unspecified atom stereocenters. The highest BCUT2D eigenvalue weighted by molar-refractivity contribution is 5.74. The minimum atomic E-state index is -0.979. The lowest BCUT2D eigenvalue weighted by molar-refractivity contribution is -0.145. The van der Waals surface area contributed by atoms with Crippen LogP contribution < -0.4 is 0 Å². The summed E-state index contributed by atoms with van der Waals surface area (Å²) in [6.07, 6.45) is 1.02. The van der Waals surface area contributed by atoms with E-state index in [-0.39, 0.29) is 0 Å². The van der Waals surface area contributed by atoms with Crippen LogP contribution in [-0.4, -0.2) is 140 Å². The third-order valence-electron chi connectivity index (χ3n) is 6.75. The summed E-state index contributed by atoms with van der Waals surface area (Å²) in [5.41, 5.74) is 0. The molecule has 0 aliphatic carbocycles. The predicted molar refractivity (Wildman–Crippen MR) is 124 cm³/mol. The summed E-state index contributed by atoms with van der Waals surface area (Å²) < 4.78 is 0. The second-order valence-electron chi connectivity index (χ2n) is 8.91. The van der Waals surface area contributed by atoms with E-state index in [4.69, 9.17) is 0 Å². The average Bonchev–Trinajstić information content (AvgIpc) is 2.77. The number of aliphatic carboxylic acids is 4. The molecule has 0 saturated carbocycles. The van der Waals surface area contributed by atoms with Gasteiger partial charge in [0.15, 0.2) is 0 Å². The highest BCUT2D eigenvalue weighted by atomic mass is 16.4. The molecule has 196 valence electrons. The van der Waals surface area contributed by atoms with Crippen molar-refractivity contribution in [3.8, 4) is 0 Å². The van der Waals surface area contributed by atoms with Crippen molar-refractivity contribution in [1.82, 2.24) is 19.6 Å². The molecule has 12 nitrogen and oxygen atoms in total. The first-order valence-electron chi connectivity index (χ1n) is 11.7. The zero-order valence-electron chi connectivity index (χ0n) is 20.6. The van der Waals surface area contributed by atoms with Gasteiger partial charge in [0, 0.05) is 52.4 Å². The van der Waals surface area contributed by atoms with E-state index in [1.54, 1.807) is 47.3 Å². The van der Waals surface area contributed by atoms with Gasteiger partial charge in [-0.05, 0) is 40.5 Å². The molecular formula is C22H40N4O8. The zero-order chi connectivity index (χ0) is 26.0. The Balaban J connectivity index is 3.16. The maximum absolute atomic E-state index is 11.6. The number of rotatable bonds is 8. The normalized spacial score (nSPS) is 22.7. The Labute approximate surface area is 200 Å². The summed E-state index contributed by atoms with van der Waals surface area (Å²) in [4.78, 5) is 53.6. The van der Waals surface area contributed by atoms with Gasteiger partial charge in [0.25, 0.3) is 0 Å². The van der Waals surface area contributed by atoms with Crippen molar-refractivity contribution < 1.29 is 39.6 Å². The molecule has 1 aliphatic rings. The van der Waals surface area contributed by atoms with E-state index in [0.29, 0.717) is 65.2 Å². The fourth-order valence-corrected chi connectivity index (χ4v) is 4.09. The van der Waals surface area contributed by atoms with Crippen LogP contribution in [0.1, 0.15) is 40.5 Å². The van der Waals surface area contributed by atoms with Gasteiger partial charge in [0.1, 0.15) is 24.2 Å². The van der Waals surface area contributed by atoms with Gasteiger partial charge in [0.2, 0.25) is 0 Å². The lowest BCUT2D eigenvalue weighted by Gasteiger charge is -2.35. The van der Waals surface area contributed by atoms with Crippen molar-refractivity contribution in [2.24, 2.45) is 0 Å². The molecule has 1 rings (SSSR count). The van der Waals surface area contributed by atoms with Crippen LogP contribution in [0.3, 0.4) is 0 Å². The van der Waals surface area contributed by atoms with Gasteiger partial charge in [-0.3, -0.25) is 38.8 Å². The summed E-state index contributed by atoms with van der Waals surface area (Å²) in [6, 6.07) is -3.08. The Kier molecular flexibility index (Phi) is 12.4. The quantitative estimate of drug-likeness (QED) is 0.359. The molecule has 4 atom stereocenters. The molecule has 1 saturated heterocycles. The minimum Gasteiger partial charge on any atom is -0.480 e. The van der Waals surface area contributed by atoms with Crippen LogP contribution in [0.15, 0.2) is 0 Å². The van der Waals surface area contributed by atoms with E-state index in [1.165, 1.54) is 0 Å². The second kappa shape index (κ2) is 14.2. The van der Waals surface area contributed by atoms with Crippen molar-refractivity contribution in [2.45, 2.75) is 64.7 Å². The molecule has 0 amide bonds. The maximum atomic E-state index is 11.6. The molecule has 0 radical (unpaired) electrons. The summed E-state index contributed by atoms with van der Waals surface area (Å²) >= 11 is 0. The van der Waals surface area contributed by atoms with Crippen LogP contribution in [-0.2, 0) is 19.2 Å². The smallest absolute Gasteiger partial charge is 0.320 e. The molecule has 0 aromatic carbocycles. The Hall–Kier alpha value is -2.28. The van der Waals surface area contributed by atoms with Crippen molar-refractivity contribution in [1.29, 1.82) is 0 Å². The van der Waals surface area contributed by atoms with Crippen LogP contribution in [0, 0.1) is 0 Å². The van der Waals surface area contributed by atoms with Gasteiger partial charge < -0.3 is 20.4 Å². The molecule has 0 aromatic rings. The lowest BCUT2D eigenvalue weighted by Crippen LogP contribution is -2.51. The van der Waals surface area contributed by atoms with Crippen LogP contribution >= 0.6 is 0 Å².